The number of halogens is 1. The first-order valence-corrected chi connectivity index (χ1v) is 9.94. The van der Waals surface area contributed by atoms with Crippen LogP contribution >= 0.6 is 12.4 Å². The Balaban J connectivity index is 0.00000180. The molecule has 4 atom stereocenters. The third kappa shape index (κ3) is 2.16. The van der Waals surface area contributed by atoms with Crippen LogP contribution in [-0.4, -0.2) is 53.7 Å². The van der Waals surface area contributed by atoms with Crippen LogP contribution in [0.15, 0.2) is 12.1 Å². The minimum atomic E-state index is -0.517. The van der Waals surface area contributed by atoms with Gasteiger partial charge in [-0.1, -0.05) is 19.4 Å². The molecule has 2 heterocycles. The number of carbonyl (C=O) groups is 1. The first-order chi connectivity index (χ1) is 12.5. The fraction of sp³-hybridized carbons (Fsp3) is 0.667. The fourth-order valence-corrected chi connectivity index (χ4v) is 6.20. The van der Waals surface area contributed by atoms with Crippen LogP contribution < -0.4 is 4.74 Å². The number of unbranched alkanes of at least 4 members (excludes halogenated alkanes) is 1. The molecular formula is C21H28ClNO4. The van der Waals surface area contributed by atoms with Crippen LogP contribution in [0.5, 0.6) is 11.5 Å². The van der Waals surface area contributed by atoms with Gasteiger partial charge >= 0.3 is 0 Å². The number of piperidine rings is 1. The molecule has 1 saturated heterocycles. The summed E-state index contributed by atoms with van der Waals surface area (Å²) in [6, 6.07) is 3.98. The molecule has 5 nitrogen and oxygen atoms in total. The quantitative estimate of drug-likeness (QED) is 0.797. The SMILES string of the molecule is CCCCO[C@@]12CCC(=O)C3Oc4c(O)ccc5c4[C@@]31CCN(C)[C@@H]2C5.Cl. The average Bonchev–Trinajstić information content (AvgIpc) is 2.99. The number of carbonyl (C=O) groups excluding carboxylic acids is 1. The lowest BCUT2D eigenvalue weighted by Crippen LogP contribution is -2.77. The van der Waals surface area contributed by atoms with Gasteiger partial charge in [0.1, 0.15) is 0 Å². The number of rotatable bonds is 4. The predicted molar refractivity (Wildman–Crippen MR) is 104 cm³/mol. The van der Waals surface area contributed by atoms with Gasteiger partial charge in [0, 0.05) is 24.6 Å². The number of ether oxygens (including phenoxy) is 2. The van der Waals surface area contributed by atoms with Crippen LogP contribution in [0.3, 0.4) is 0 Å². The van der Waals surface area contributed by atoms with Crippen molar-refractivity contribution in [2.45, 2.75) is 68.6 Å². The van der Waals surface area contributed by atoms with Crippen LogP contribution in [0.4, 0.5) is 0 Å². The molecule has 6 heteroatoms. The van der Waals surface area contributed by atoms with E-state index in [-0.39, 0.29) is 30.0 Å². The number of nitrogens with zero attached hydrogens (tertiary/aromatic N) is 1. The maximum atomic E-state index is 12.9. The molecule has 1 saturated carbocycles. The summed E-state index contributed by atoms with van der Waals surface area (Å²) in [5.74, 6) is 0.848. The Morgan fingerprint density at radius 2 is 2.19 bits per heavy atom. The van der Waals surface area contributed by atoms with Crippen molar-refractivity contribution < 1.29 is 19.4 Å². The van der Waals surface area contributed by atoms with E-state index in [4.69, 9.17) is 9.47 Å². The van der Waals surface area contributed by atoms with Crippen molar-refractivity contribution in [3.8, 4) is 11.5 Å². The van der Waals surface area contributed by atoms with Gasteiger partial charge in [-0.15, -0.1) is 12.4 Å². The number of phenolic OH excluding ortho intramolecular Hbond substituents is 1. The molecule has 0 amide bonds. The average molecular weight is 394 g/mol. The zero-order valence-electron chi connectivity index (χ0n) is 16.0. The van der Waals surface area contributed by atoms with E-state index in [0.29, 0.717) is 18.8 Å². The fourth-order valence-electron chi connectivity index (χ4n) is 6.20. The molecule has 0 aromatic heterocycles. The first-order valence-electron chi connectivity index (χ1n) is 9.94. The molecule has 4 aliphatic rings. The monoisotopic (exact) mass is 393 g/mol. The highest BCUT2D eigenvalue weighted by molar-refractivity contribution is 5.90. The number of ketones is 1. The number of hydrogen-bond donors (Lipinski definition) is 1. The Labute approximate surface area is 166 Å². The third-order valence-corrected chi connectivity index (χ3v) is 7.34. The van der Waals surface area contributed by atoms with Crippen molar-refractivity contribution in [1.29, 1.82) is 0 Å². The van der Waals surface area contributed by atoms with E-state index in [0.717, 1.165) is 44.2 Å². The summed E-state index contributed by atoms with van der Waals surface area (Å²) in [5, 5.41) is 10.5. The molecule has 1 aromatic carbocycles. The molecule has 2 aliphatic heterocycles. The second kappa shape index (κ2) is 6.36. The second-order valence-electron chi connectivity index (χ2n) is 8.43. The first kappa shape index (κ1) is 19.0. The highest BCUT2D eigenvalue weighted by Gasteiger charge is 2.73. The van der Waals surface area contributed by atoms with E-state index in [2.05, 4.69) is 18.9 Å². The van der Waals surface area contributed by atoms with Crippen molar-refractivity contribution >= 4 is 18.2 Å². The van der Waals surface area contributed by atoms with Gasteiger partial charge in [0.25, 0.3) is 0 Å². The van der Waals surface area contributed by atoms with Crippen LogP contribution in [0, 0.1) is 0 Å². The van der Waals surface area contributed by atoms with Gasteiger partial charge in [0.05, 0.1) is 11.0 Å². The van der Waals surface area contributed by atoms with E-state index in [1.54, 1.807) is 6.07 Å². The summed E-state index contributed by atoms with van der Waals surface area (Å²) in [5.41, 5.74) is 1.42. The van der Waals surface area contributed by atoms with Gasteiger partial charge < -0.3 is 19.5 Å². The summed E-state index contributed by atoms with van der Waals surface area (Å²) in [6.07, 6.45) is 4.56. The van der Waals surface area contributed by atoms with Crippen LogP contribution in [0.1, 0.15) is 50.2 Å². The molecule has 27 heavy (non-hydrogen) atoms. The molecule has 2 fully saturated rings. The summed E-state index contributed by atoms with van der Waals surface area (Å²) >= 11 is 0. The maximum absolute atomic E-state index is 12.9. The molecule has 1 spiro atoms. The highest BCUT2D eigenvalue weighted by Crippen LogP contribution is 2.65. The summed E-state index contributed by atoms with van der Waals surface area (Å²) in [7, 11) is 2.18. The number of likely N-dealkylation sites (tertiary alicyclic amines) is 1. The van der Waals surface area contributed by atoms with Crippen molar-refractivity contribution in [2.75, 3.05) is 20.2 Å². The van der Waals surface area contributed by atoms with E-state index < -0.39 is 17.1 Å². The molecule has 0 radical (unpaired) electrons. The van der Waals surface area contributed by atoms with Gasteiger partial charge in [0.2, 0.25) is 0 Å². The minimum absolute atomic E-state index is 0. The van der Waals surface area contributed by atoms with Gasteiger partial charge in [-0.25, -0.2) is 0 Å². The summed E-state index contributed by atoms with van der Waals surface area (Å²) in [6.45, 7) is 3.81. The number of aromatic hydroxyl groups is 1. The van der Waals surface area contributed by atoms with E-state index in [9.17, 15) is 9.90 Å². The zero-order chi connectivity index (χ0) is 18.1. The standard InChI is InChI=1S/C21H27NO4.ClH/c1-3-4-11-25-21-8-7-15(24)19-20(21)9-10-22(2)16(21)12-13-5-6-14(23)18(26-19)17(13)20;/h5-6,16,19,23H,3-4,7-12H2,1-2H3;1H/t16-,19?,20+,21-;/m1./s1. The van der Waals surface area contributed by atoms with Gasteiger partial charge in [0.15, 0.2) is 23.4 Å². The number of likely N-dealkylation sites (N-methyl/N-ethyl adjacent to an activating group) is 1. The van der Waals surface area contributed by atoms with Gasteiger partial charge in [-0.05, 0) is 50.9 Å². The molecule has 1 unspecified atom stereocenters. The van der Waals surface area contributed by atoms with Crippen LogP contribution in [-0.2, 0) is 21.4 Å². The van der Waals surface area contributed by atoms with Crippen molar-refractivity contribution in [1.82, 2.24) is 4.90 Å². The smallest absolute Gasteiger partial charge is 0.174 e. The number of benzene rings is 1. The molecule has 1 aromatic rings. The second-order valence-corrected chi connectivity index (χ2v) is 8.43. The number of hydrogen-bond acceptors (Lipinski definition) is 5. The van der Waals surface area contributed by atoms with E-state index >= 15 is 0 Å². The number of Topliss-reactive ketones (excluding diaryl/α,β-unsaturated/α-hetero) is 1. The molecule has 1 N–H and O–H groups in total. The lowest BCUT2D eigenvalue weighted by Gasteiger charge is -2.64. The van der Waals surface area contributed by atoms with Crippen molar-refractivity contribution in [3.63, 3.8) is 0 Å². The topological polar surface area (TPSA) is 59.0 Å². The molecule has 148 valence electrons. The Morgan fingerprint density at radius 1 is 1.37 bits per heavy atom. The van der Waals surface area contributed by atoms with E-state index in [1.165, 1.54) is 5.56 Å². The Kier molecular flexibility index (Phi) is 4.48. The summed E-state index contributed by atoms with van der Waals surface area (Å²) < 4.78 is 12.9. The van der Waals surface area contributed by atoms with Gasteiger partial charge in [-0.3, -0.25) is 4.79 Å². The van der Waals surface area contributed by atoms with Crippen molar-refractivity contribution in [2.24, 2.45) is 0 Å². The van der Waals surface area contributed by atoms with Gasteiger partial charge in [-0.2, -0.15) is 0 Å². The molecule has 5 rings (SSSR count). The zero-order valence-corrected chi connectivity index (χ0v) is 16.8. The minimum Gasteiger partial charge on any atom is -0.504 e. The lowest BCUT2D eigenvalue weighted by molar-refractivity contribution is -0.210. The molecular weight excluding hydrogens is 366 g/mol. The predicted octanol–water partition coefficient (Wildman–Crippen LogP) is 2.99. The summed E-state index contributed by atoms with van der Waals surface area (Å²) in [4.78, 5) is 15.3. The number of phenols is 1. The Morgan fingerprint density at radius 3 is 2.96 bits per heavy atom. The van der Waals surface area contributed by atoms with E-state index in [1.807, 2.05) is 6.07 Å². The largest absolute Gasteiger partial charge is 0.504 e. The maximum Gasteiger partial charge on any atom is 0.174 e. The van der Waals surface area contributed by atoms with Crippen LogP contribution in [0.2, 0.25) is 0 Å². The lowest BCUT2D eigenvalue weighted by atomic mass is 9.49. The molecule has 2 aliphatic carbocycles. The van der Waals surface area contributed by atoms with Crippen LogP contribution in [0.25, 0.3) is 0 Å². The molecule has 2 bridgehead atoms. The highest BCUT2D eigenvalue weighted by atomic mass is 35.5. The van der Waals surface area contributed by atoms with Crippen molar-refractivity contribution in [3.05, 3.63) is 23.3 Å². The normalized spacial score (nSPS) is 36.0. The Hall–Kier alpha value is -1.30. The Bertz CT molecular complexity index is 784. The third-order valence-electron chi connectivity index (χ3n) is 7.34.